The van der Waals surface area contributed by atoms with Crippen molar-refractivity contribution in [1.29, 1.82) is 0 Å². The van der Waals surface area contributed by atoms with Gasteiger partial charge in [-0.25, -0.2) is 4.79 Å². The molecule has 4 heteroatoms. The number of carboxylic acid groups (broad SMARTS) is 1. The molecule has 1 aromatic heterocycles. The Labute approximate surface area is 105 Å². The van der Waals surface area contributed by atoms with Crippen LogP contribution in [0, 0.1) is 13.8 Å². The fourth-order valence-corrected chi connectivity index (χ4v) is 2.49. The molecule has 0 saturated heterocycles. The van der Waals surface area contributed by atoms with Crippen LogP contribution in [0.2, 0.25) is 0 Å². The summed E-state index contributed by atoms with van der Waals surface area (Å²) in [5.41, 5.74) is 3.13. The Kier molecular flexibility index (Phi) is 2.95. The van der Waals surface area contributed by atoms with E-state index in [2.05, 4.69) is 0 Å². The Morgan fingerprint density at radius 2 is 2.06 bits per heavy atom. The molecule has 94 valence electrons. The average molecular weight is 245 g/mol. The molecule has 0 aliphatic carbocycles. The summed E-state index contributed by atoms with van der Waals surface area (Å²) in [6.45, 7) is 6.25. The zero-order valence-electron chi connectivity index (χ0n) is 10.7. The number of hydrogen-bond donors (Lipinski definition) is 1. The summed E-state index contributed by atoms with van der Waals surface area (Å²) in [5.74, 6) is -0.964. The maximum Gasteiger partial charge on any atom is 0.337 e. The van der Waals surface area contributed by atoms with Crippen molar-refractivity contribution in [2.45, 2.75) is 27.3 Å². The van der Waals surface area contributed by atoms with E-state index >= 15 is 0 Å². The van der Waals surface area contributed by atoms with Crippen molar-refractivity contribution >= 4 is 23.2 Å². The molecule has 1 aromatic carbocycles. The number of rotatable bonds is 3. The van der Waals surface area contributed by atoms with Crippen molar-refractivity contribution < 1.29 is 14.7 Å². The number of carboxylic acids is 1. The van der Waals surface area contributed by atoms with Crippen LogP contribution in [0.5, 0.6) is 0 Å². The van der Waals surface area contributed by atoms with Gasteiger partial charge in [-0.05, 0) is 38.5 Å². The third kappa shape index (κ3) is 1.61. The Morgan fingerprint density at radius 3 is 2.56 bits per heavy atom. The minimum absolute atomic E-state index is 0.253. The number of benzene rings is 1. The van der Waals surface area contributed by atoms with E-state index < -0.39 is 5.97 Å². The molecule has 4 nitrogen and oxygen atoms in total. The van der Waals surface area contributed by atoms with Gasteiger partial charge in [-0.2, -0.15) is 0 Å². The van der Waals surface area contributed by atoms with Crippen molar-refractivity contribution in [1.82, 2.24) is 4.57 Å². The molecule has 0 saturated carbocycles. The number of hydrogen-bond acceptors (Lipinski definition) is 2. The largest absolute Gasteiger partial charge is 0.478 e. The van der Waals surface area contributed by atoms with Crippen LogP contribution in [-0.2, 0) is 6.54 Å². The first kappa shape index (κ1) is 12.4. The number of carbonyl (C=O) groups excluding carboxylic acids is 1. The second kappa shape index (κ2) is 4.29. The molecule has 2 rings (SSSR count). The van der Waals surface area contributed by atoms with E-state index in [9.17, 15) is 14.7 Å². The average Bonchev–Trinajstić information content (AvgIpc) is 2.58. The lowest BCUT2D eigenvalue weighted by Crippen LogP contribution is -2.04. The molecule has 0 unspecified atom stereocenters. The maximum absolute atomic E-state index is 11.3. The minimum atomic E-state index is -0.964. The molecule has 1 N–H and O–H groups in total. The summed E-state index contributed by atoms with van der Waals surface area (Å²) in [6, 6.07) is 3.51. The molecule has 0 aliphatic rings. The predicted octanol–water partition coefficient (Wildman–Crippen LogP) is 2.79. The number of carbonyl (C=O) groups is 2. The van der Waals surface area contributed by atoms with E-state index in [0.29, 0.717) is 17.6 Å². The zero-order valence-corrected chi connectivity index (χ0v) is 10.7. The fourth-order valence-electron chi connectivity index (χ4n) is 2.49. The van der Waals surface area contributed by atoms with Crippen LogP contribution in [0.4, 0.5) is 0 Å². The van der Waals surface area contributed by atoms with Crippen LogP contribution in [-0.4, -0.2) is 21.9 Å². The van der Waals surface area contributed by atoms with Gasteiger partial charge in [-0.15, -0.1) is 0 Å². The highest BCUT2D eigenvalue weighted by molar-refractivity contribution is 6.08. The molecule has 0 radical (unpaired) electrons. The minimum Gasteiger partial charge on any atom is -0.478 e. The van der Waals surface area contributed by atoms with Gasteiger partial charge in [0, 0.05) is 23.2 Å². The third-order valence-corrected chi connectivity index (χ3v) is 3.27. The van der Waals surface area contributed by atoms with Crippen LogP contribution in [0.25, 0.3) is 10.9 Å². The maximum atomic E-state index is 11.3. The quantitative estimate of drug-likeness (QED) is 0.846. The van der Waals surface area contributed by atoms with Crippen LogP contribution in [0.15, 0.2) is 12.1 Å². The lowest BCUT2D eigenvalue weighted by Gasteiger charge is -2.07. The van der Waals surface area contributed by atoms with E-state index in [4.69, 9.17) is 0 Å². The monoisotopic (exact) mass is 245 g/mol. The summed E-state index contributed by atoms with van der Waals surface area (Å²) < 4.78 is 1.88. The van der Waals surface area contributed by atoms with Gasteiger partial charge < -0.3 is 9.67 Å². The van der Waals surface area contributed by atoms with Crippen molar-refractivity contribution in [2.24, 2.45) is 0 Å². The van der Waals surface area contributed by atoms with Crippen molar-refractivity contribution in [3.63, 3.8) is 0 Å². The highest BCUT2D eigenvalue weighted by atomic mass is 16.4. The van der Waals surface area contributed by atoms with Crippen molar-refractivity contribution in [2.75, 3.05) is 0 Å². The summed E-state index contributed by atoms with van der Waals surface area (Å²) in [6.07, 6.45) is 0.800. The normalized spacial score (nSPS) is 10.8. The van der Waals surface area contributed by atoms with E-state index in [1.54, 1.807) is 6.07 Å². The fraction of sp³-hybridized carbons (Fsp3) is 0.286. The smallest absolute Gasteiger partial charge is 0.337 e. The van der Waals surface area contributed by atoms with Crippen LogP contribution < -0.4 is 0 Å². The van der Waals surface area contributed by atoms with Gasteiger partial charge in [0.05, 0.1) is 11.1 Å². The topological polar surface area (TPSA) is 59.3 Å². The first-order valence-corrected chi connectivity index (χ1v) is 5.83. The van der Waals surface area contributed by atoms with Gasteiger partial charge in [0.2, 0.25) is 0 Å². The van der Waals surface area contributed by atoms with E-state index in [-0.39, 0.29) is 5.56 Å². The highest BCUT2D eigenvalue weighted by Crippen LogP contribution is 2.29. The van der Waals surface area contributed by atoms with Gasteiger partial charge in [-0.3, -0.25) is 4.79 Å². The number of aromatic carboxylic acids is 1. The van der Waals surface area contributed by atoms with Gasteiger partial charge in [0.15, 0.2) is 6.29 Å². The number of fused-ring (bicyclic) bond motifs is 1. The second-order valence-electron chi connectivity index (χ2n) is 4.37. The molecular weight excluding hydrogens is 230 g/mol. The van der Waals surface area contributed by atoms with Crippen LogP contribution >= 0.6 is 0 Å². The Balaban J connectivity index is 3.04. The van der Waals surface area contributed by atoms with E-state index in [1.165, 1.54) is 0 Å². The Bertz CT molecular complexity index is 653. The molecular formula is C14H15NO3. The molecule has 0 atom stereocenters. The number of nitrogens with zero attached hydrogens (tertiary/aromatic N) is 1. The molecule has 18 heavy (non-hydrogen) atoms. The van der Waals surface area contributed by atoms with Crippen LogP contribution in [0.3, 0.4) is 0 Å². The molecule has 0 bridgehead atoms. The van der Waals surface area contributed by atoms with Gasteiger partial charge in [0.1, 0.15) is 0 Å². The van der Waals surface area contributed by atoms with Crippen LogP contribution in [0.1, 0.15) is 38.9 Å². The molecule has 0 fully saturated rings. The summed E-state index contributed by atoms with van der Waals surface area (Å²) in [7, 11) is 0. The van der Waals surface area contributed by atoms with Crippen molar-refractivity contribution in [3.8, 4) is 0 Å². The lowest BCUT2D eigenvalue weighted by atomic mass is 10.0. The molecule has 2 aromatic rings. The second-order valence-corrected chi connectivity index (χ2v) is 4.37. The summed E-state index contributed by atoms with van der Waals surface area (Å²) in [4.78, 5) is 22.5. The Hall–Kier alpha value is -2.10. The Morgan fingerprint density at radius 1 is 1.39 bits per heavy atom. The molecule has 1 heterocycles. The highest BCUT2D eigenvalue weighted by Gasteiger charge is 2.19. The van der Waals surface area contributed by atoms with E-state index in [1.807, 2.05) is 31.4 Å². The molecule has 0 aliphatic heterocycles. The predicted molar refractivity (Wildman–Crippen MR) is 69.4 cm³/mol. The molecule has 0 spiro atoms. The summed E-state index contributed by atoms with van der Waals surface area (Å²) >= 11 is 0. The number of aldehydes is 1. The third-order valence-electron chi connectivity index (χ3n) is 3.27. The molecule has 0 amide bonds. The first-order chi connectivity index (χ1) is 8.51. The lowest BCUT2D eigenvalue weighted by molar-refractivity contribution is 0.0698. The van der Waals surface area contributed by atoms with E-state index in [0.717, 1.165) is 22.9 Å². The van der Waals surface area contributed by atoms with Crippen molar-refractivity contribution in [3.05, 3.63) is 34.5 Å². The van der Waals surface area contributed by atoms with Gasteiger partial charge in [-0.1, -0.05) is 0 Å². The number of aryl methyl sites for hydroxylation is 2. The van der Waals surface area contributed by atoms with Gasteiger partial charge >= 0.3 is 5.97 Å². The number of aromatic nitrogens is 1. The first-order valence-electron chi connectivity index (χ1n) is 5.83. The summed E-state index contributed by atoms with van der Waals surface area (Å²) in [5, 5.41) is 10.0. The SMILES string of the molecule is CCn1c(C)c(C=O)c2cc(C)cc(C(=O)O)c21. The standard InChI is InChI=1S/C14H15NO3/c1-4-15-9(3)12(7-16)10-5-8(2)6-11(13(10)15)14(17)18/h5-7H,4H2,1-3H3,(H,17,18). The van der Waals surface area contributed by atoms with Gasteiger partial charge in [0.25, 0.3) is 0 Å². The zero-order chi connectivity index (χ0) is 13.4.